The van der Waals surface area contributed by atoms with Crippen molar-refractivity contribution in [1.29, 1.82) is 0 Å². The van der Waals surface area contributed by atoms with E-state index in [0.717, 1.165) is 24.9 Å². The van der Waals surface area contributed by atoms with Crippen LogP contribution < -0.4 is 5.32 Å². The summed E-state index contributed by atoms with van der Waals surface area (Å²) >= 11 is 3.94. The molecule has 114 valence electrons. The molecule has 3 rings (SSSR count). The molecule has 1 saturated carbocycles. The van der Waals surface area contributed by atoms with Gasteiger partial charge in [-0.1, -0.05) is 54.2 Å². The normalized spacial score (nSPS) is 22.9. The second-order valence-electron chi connectivity index (χ2n) is 6.85. The molecule has 1 aromatic rings. The molecule has 0 bridgehead atoms. The molecule has 2 nitrogen and oxygen atoms in total. The van der Waals surface area contributed by atoms with Crippen LogP contribution in [0.3, 0.4) is 0 Å². The summed E-state index contributed by atoms with van der Waals surface area (Å²) in [6.45, 7) is 3.18. The first kappa shape index (κ1) is 15.1. The molecule has 1 fully saturated rings. The van der Waals surface area contributed by atoms with Crippen molar-refractivity contribution in [1.82, 2.24) is 5.32 Å². The van der Waals surface area contributed by atoms with Crippen LogP contribution in [0.4, 0.5) is 0 Å². The molecular weight excluding hydrogens is 326 g/mol. The number of hydrogen-bond acceptors (Lipinski definition) is 1. The zero-order chi connectivity index (χ0) is 14.9. The first-order chi connectivity index (χ1) is 10.1. The molecule has 1 aliphatic heterocycles. The highest BCUT2D eigenvalue weighted by Gasteiger charge is 2.35. The van der Waals surface area contributed by atoms with Gasteiger partial charge < -0.3 is 5.32 Å². The van der Waals surface area contributed by atoms with Crippen LogP contribution in [-0.2, 0) is 6.42 Å². The van der Waals surface area contributed by atoms with E-state index in [9.17, 15) is 4.79 Å². The Morgan fingerprint density at radius 1 is 1.19 bits per heavy atom. The number of nitrogens with one attached hydrogen (secondary N) is 1. The van der Waals surface area contributed by atoms with E-state index in [4.69, 9.17) is 0 Å². The summed E-state index contributed by atoms with van der Waals surface area (Å²) in [6.07, 6.45) is 8.58. The maximum atomic E-state index is 12.2. The summed E-state index contributed by atoms with van der Waals surface area (Å²) in [5.74, 6) is 0.0952. The lowest BCUT2D eigenvalue weighted by atomic mass is 9.71. The smallest absolute Gasteiger partial charge is 0.251 e. The number of rotatable bonds is 2. The first-order valence-corrected chi connectivity index (χ1v) is 9.07. The zero-order valence-electron chi connectivity index (χ0n) is 12.8. The van der Waals surface area contributed by atoms with Gasteiger partial charge in [-0.2, -0.15) is 0 Å². The van der Waals surface area contributed by atoms with E-state index in [2.05, 4.69) is 46.4 Å². The Bertz CT molecular complexity index is 534. The quantitative estimate of drug-likeness (QED) is 0.765. The third-order valence-electron chi connectivity index (χ3n) is 5.19. The van der Waals surface area contributed by atoms with Gasteiger partial charge in [0, 0.05) is 16.9 Å². The summed E-state index contributed by atoms with van der Waals surface area (Å²) in [5, 5.41) is 3.00. The molecule has 21 heavy (non-hydrogen) atoms. The Hall–Kier alpha value is -0.830. The Morgan fingerprint density at radius 3 is 2.71 bits per heavy atom. The number of benzene rings is 1. The van der Waals surface area contributed by atoms with Crippen LogP contribution in [0.15, 0.2) is 18.2 Å². The summed E-state index contributed by atoms with van der Waals surface area (Å²) < 4.78 is 0. The maximum absolute atomic E-state index is 12.2. The zero-order valence-corrected chi connectivity index (χ0v) is 14.3. The lowest BCUT2D eigenvalue weighted by molar-refractivity contribution is 0.0956. The van der Waals surface area contributed by atoms with E-state index < -0.39 is 0 Å². The monoisotopic (exact) mass is 349 g/mol. The number of fused-ring (bicyclic) bond motifs is 1. The Morgan fingerprint density at radius 2 is 1.95 bits per heavy atom. The van der Waals surface area contributed by atoms with Crippen LogP contribution >= 0.6 is 15.9 Å². The third kappa shape index (κ3) is 3.03. The minimum absolute atomic E-state index is 0.0952. The van der Waals surface area contributed by atoms with Gasteiger partial charge in [0.2, 0.25) is 0 Å². The molecule has 1 N–H and O–H groups in total. The number of amides is 1. The molecule has 0 aromatic heterocycles. The second-order valence-corrected chi connectivity index (χ2v) is 7.77. The molecule has 1 atom stereocenters. The molecular formula is C18H24BrNO. The van der Waals surface area contributed by atoms with Gasteiger partial charge in [-0.25, -0.2) is 0 Å². The van der Waals surface area contributed by atoms with Gasteiger partial charge in [-0.05, 0) is 48.3 Å². The molecule has 0 radical (unpaired) electrons. The number of hydrogen-bond donors (Lipinski definition) is 1. The van der Waals surface area contributed by atoms with E-state index in [-0.39, 0.29) is 5.91 Å². The van der Waals surface area contributed by atoms with Crippen molar-refractivity contribution in [2.24, 2.45) is 5.41 Å². The van der Waals surface area contributed by atoms with Gasteiger partial charge in [0.05, 0.1) is 0 Å². The predicted molar refractivity (Wildman–Crippen MR) is 90.0 cm³/mol. The SMILES string of the molecule is CC1(C(Br)c2ccc3c(c2)C(=O)NCCC3)CCCCC1. The number of carbonyl (C=O) groups is 1. The fourth-order valence-corrected chi connectivity index (χ4v) is 4.51. The van der Waals surface area contributed by atoms with Crippen LogP contribution in [0.25, 0.3) is 0 Å². The topological polar surface area (TPSA) is 29.1 Å². The number of aryl methyl sites for hydroxylation is 1. The predicted octanol–water partition coefficient (Wildman–Crippen LogP) is 4.77. The maximum Gasteiger partial charge on any atom is 0.251 e. The van der Waals surface area contributed by atoms with Crippen LogP contribution in [0.5, 0.6) is 0 Å². The lowest BCUT2D eigenvalue weighted by Crippen LogP contribution is -2.26. The molecule has 0 spiro atoms. The van der Waals surface area contributed by atoms with E-state index >= 15 is 0 Å². The fraction of sp³-hybridized carbons (Fsp3) is 0.611. The van der Waals surface area contributed by atoms with Gasteiger partial charge in [0.1, 0.15) is 0 Å². The van der Waals surface area contributed by atoms with E-state index in [1.807, 2.05) is 0 Å². The van der Waals surface area contributed by atoms with Crippen molar-refractivity contribution in [2.45, 2.75) is 56.7 Å². The average molecular weight is 350 g/mol. The number of carbonyl (C=O) groups excluding carboxylic acids is 1. The summed E-state index contributed by atoms with van der Waals surface area (Å²) in [4.78, 5) is 12.5. The first-order valence-electron chi connectivity index (χ1n) is 8.15. The molecule has 1 heterocycles. The van der Waals surface area contributed by atoms with Gasteiger partial charge in [-0.3, -0.25) is 4.79 Å². The van der Waals surface area contributed by atoms with Crippen molar-refractivity contribution >= 4 is 21.8 Å². The highest BCUT2D eigenvalue weighted by atomic mass is 79.9. The van der Waals surface area contributed by atoms with Crippen LogP contribution in [-0.4, -0.2) is 12.5 Å². The van der Waals surface area contributed by atoms with Crippen molar-refractivity contribution < 1.29 is 4.79 Å². The van der Waals surface area contributed by atoms with Crippen molar-refractivity contribution in [3.05, 3.63) is 34.9 Å². The highest BCUT2D eigenvalue weighted by Crippen LogP contribution is 2.50. The average Bonchev–Trinajstić information content (AvgIpc) is 2.69. The van der Waals surface area contributed by atoms with E-state index in [1.165, 1.54) is 43.2 Å². The summed E-state index contributed by atoms with van der Waals surface area (Å²) in [7, 11) is 0. The lowest BCUT2D eigenvalue weighted by Gasteiger charge is -2.38. The molecule has 1 aliphatic carbocycles. The fourth-order valence-electron chi connectivity index (χ4n) is 3.77. The third-order valence-corrected chi connectivity index (χ3v) is 6.82. The molecule has 2 aliphatic rings. The van der Waals surface area contributed by atoms with E-state index in [1.54, 1.807) is 0 Å². The Kier molecular flexibility index (Phi) is 4.39. The van der Waals surface area contributed by atoms with Gasteiger partial charge >= 0.3 is 0 Å². The summed E-state index contributed by atoms with van der Waals surface area (Å²) in [5.41, 5.74) is 3.65. The largest absolute Gasteiger partial charge is 0.352 e. The molecule has 0 saturated heterocycles. The summed E-state index contributed by atoms with van der Waals surface area (Å²) in [6, 6.07) is 6.50. The van der Waals surface area contributed by atoms with Crippen molar-refractivity contribution in [3.63, 3.8) is 0 Å². The van der Waals surface area contributed by atoms with Crippen LogP contribution in [0, 0.1) is 5.41 Å². The standard InChI is InChI=1S/C18H24BrNO/c1-18(9-3-2-4-10-18)16(19)14-8-7-13-6-5-11-20-17(21)15(13)12-14/h7-8,12,16H,2-6,9-11H2,1H3,(H,20,21). The van der Waals surface area contributed by atoms with Gasteiger partial charge in [0.15, 0.2) is 0 Å². The van der Waals surface area contributed by atoms with Crippen LogP contribution in [0.1, 0.15) is 71.8 Å². The molecule has 3 heteroatoms. The second kappa shape index (κ2) is 6.12. The minimum atomic E-state index is 0.0952. The molecule has 1 unspecified atom stereocenters. The Balaban J connectivity index is 1.90. The van der Waals surface area contributed by atoms with E-state index in [0.29, 0.717) is 10.2 Å². The Labute approximate surface area is 135 Å². The van der Waals surface area contributed by atoms with Gasteiger partial charge in [-0.15, -0.1) is 0 Å². The molecule has 1 aromatic carbocycles. The van der Waals surface area contributed by atoms with Gasteiger partial charge in [0.25, 0.3) is 5.91 Å². The van der Waals surface area contributed by atoms with Crippen LogP contribution in [0.2, 0.25) is 0 Å². The number of alkyl halides is 1. The van der Waals surface area contributed by atoms with Crippen molar-refractivity contribution in [3.8, 4) is 0 Å². The highest BCUT2D eigenvalue weighted by molar-refractivity contribution is 9.09. The van der Waals surface area contributed by atoms with Crippen molar-refractivity contribution in [2.75, 3.05) is 6.54 Å². The number of halogens is 1. The minimum Gasteiger partial charge on any atom is -0.352 e. The molecule has 1 amide bonds.